The molecule has 1 aromatic rings. The number of furan rings is 1. The van der Waals surface area contributed by atoms with Crippen molar-refractivity contribution in [2.24, 2.45) is 11.8 Å². The summed E-state index contributed by atoms with van der Waals surface area (Å²) in [5, 5.41) is 3.66. The lowest BCUT2D eigenvalue weighted by Crippen LogP contribution is -2.37. The second-order valence-electron chi connectivity index (χ2n) is 5.40. The molecule has 90 valence electrons. The standard InChI is InChI=1S/C14H23NO/c1-11-8-12(2)10-13(9-11)15-6-5-14-4-3-7-16-14/h3-4,7,11-13,15H,5-6,8-10H2,1-2H3. The van der Waals surface area contributed by atoms with Crippen molar-refractivity contribution in [3.05, 3.63) is 24.2 Å². The first-order chi connectivity index (χ1) is 7.74. The van der Waals surface area contributed by atoms with E-state index in [4.69, 9.17) is 4.42 Å². The Morgan fingerprint density at radius 2 is 2.00 bits per heavy atom. The van der Waals surface area contributed by atoms with Gasteiger partial charge in [-0.3, -0.25) is 0 Å². The minimum Gasteiger partial charge on any atom is -0.469 e. The van der Waals surface area contributed by atoms with Crippen LogP contribution >= 0.6 is 0 Å². The monoisotopic (exact) mass is 221 g/mol. The van der Waals surface area contributed by atoms with E-state index in [9.17, 15) is 0 Å². The average Bonchev–Trinajstić information content (AvgIpc) is 2.69. The Bertz CT molecular complexity index is 284. The lowest BCUT2D eigenvalue weighted by molar-refractivity contribution is 0.239. The first-order valence-electron chi connectivity index (χ1n) is 6.50. The third-order valence-electron chi connectivity index (χ3n) is 3.56. The summed E-state index contributed by atoms with van der Waals surface area (Å²) in [6, 6.07) is 4.72. The van der Waals surface area contributed by atoms with Gasteiger partial charge >= 0.3 is 0 Å². The highest BCUT2D eigenvalue weighted by Gasteiger charge is 2.23. The molecule has 2 rings (SSSR count). The molecule has 0 aliphatic heterocycles. The molecule has 0 aromatic carbocycles. The fourth-order valence-electron chi connectivity index (χ4n) is 2.97. The van der Waals surface area contributed by atoms with E-state index in [0.29, 0.717) is 6.04 Å². The fourth-order valence-corrected chi connectivity index (χ4v) is 2.97. The van der Waals surface area contributed by atoms with Crippen LogP contribution < -0.4 is 5.32 Å². The van der Waals surface area contributed by atoms with E-state index in [2.05, 4.69) is 19.2 Å². The van der Waals surface area contributed by atoms with Crippen LogP contribution in [0.15, 0.2) is 22.8 Å². The third kappa shape index (κ3) is 3.38. The minimum absolute atomic E-state index is 0.716. The summed E-state index contributed by atoms with van der Waals surface area (Å²) in [5.74, 6) is 2.85. The summed E-state index contributed by atoms with van der Waals surface area (Å²) < 4.78 is 5.33. The Labute approximate surface area is 98.4 Å². The zero-order valence-corrected chi connectivity index (χ0v) is 10.4. The van der Waals surface area contributed by atoms with Gasteiger partial charge in [-0.2, -0.15) is 0 Å². The van der Waals surface area contributed by atoms with Crippen molar-refractivity contribution in [1.82, 2.24) is 5.32 Å². The Kier molecular flexibility index (Phi) is 4.05. The van der Waals surface area contributed by atoms with E-state index in [1.165, 1.54) is 19.3 Å². The smallest absolute Gasteiger partial charge is 0.105 e. The van der Waals surface area contributed by atoms with Gasteiger partial charge < -0.3 is 9.73 Å². The van der Waals surface area contributed by atoms with Gasteiger partial charge in [0.05, 0.1) is 6.26 Å². The lowest BCUT2D eigenvalue weighted by Gasteiger charge is -2.32. The predicted octanol–water partition coefficient (Wildman–Crippen LogP) is 3.24. The maximum Gasteiger partial charge on any atom is 0.105 e. The van der Waals surface area contributed by atoms with Crippen molar-refractivity contribution in [3.63, 3.8) is 0 Å². The first-order valence-corrected chi connectivity index (χ1v) is 6.50. The summed E-state index contributed by atoms with van der Waals surface area (Å²) in [6.45, 7) is 5.78. The summed E-state index contributed by atoms with van der Waals surface area (Å²) >= 11 is 0. The highest BCUT2D eigenvalue weighted by molar-refractivity contribution is 4.98. The molecule has 2 atom stereocenters. The van der Waals surface area contributed by atoms with Crippen molar-refractivity contribution in [1.29, 1.82) is 0 Å². The van der Waals surface area contributed by atoms with Crippen molar-refractivity contribution in [2.75, 3.05) is 6.54 Å². The fraction of sp³-hybridized carbons (Fsp3) is 0.714. The van der Waals surface area contributed by atoms with Crippen LogP contribution in [-0.4, -0.2) is 12.6 Å². The summed E-state index contributed by atoms with van der Waals surface area (Å²) in [7, 11) is 0. The van der Waals surface area contributed by atoms with E-state index in [0.717, 1.165) is 30.6 Å². The molecule has 0 radical (unpaired) electrons. The van der Waals surface area contributed by atoms with E-state index >= 15 is 0 Å². The van der Waals surface area contributed by atoms with Crippen molar-refractivity contribution < 1.29 is 4.42 Å². The maximum absolute atomic E-state index is 5.33. The molecule has 0 saturated heterocycles. The van der Waals surface area contributed by atoms with Gasteiger partial charge in [0.15, 0.2) is 0 Å². The van der Waals surface area contributed by atoms with Crippen LogP contribution in [0.5, 0.6) is 0 Å². The first kappa shape index (κ1) is 11.7. The number of hydrogen-bond donors (Lipinski definition) is 1. The van der Waals surface area contributed by atoms with Gasteiger partial charge in [-0.1, -0.05) is 13.8 Å². The van der Waals surface area contributed by atoms with Crippen molar-refractivity contribution in [3.8, 4) is 0 Å². The Balaban J connectivity index is 1.69. The summed E-state index contributed by atoms with van der Waals surface area (Å²) in [6.07, 6.45) is 6.83. The number of rotatable bonds is 4. The van der Waals surface area contributed by atoms with Crippen LogP contribution in [0.1, 0.15) is 38.9 Å². The number of hydrogen-bond acceptors (Lipinski definition) is 2. The van der Waals surface area contributed by atoms with Crippen LogP contribution in [0.2, 0.25) is 0 Å². The highest BCUT2D eigenvalue weighted by atomic mass is 16.3. The minimum atomic E-state index is 0.716. The van der Waals surface area contributed by atoms with Gasteiger partial charge in [0.2, 0.25) is 0 Å². The molecule has 2 heteroatoms. The maximum atomic E-state index is 5.33. The summed E-state index contributed by atoms with van der Waals surface area (Å²) in [5.41, 5.74) is 0. The molecule has 1 N–H and O–H groups in total. The number of nitrogens with one attached hydrogen (secondary N) is 1. The molecule has 1 aliphatic carbocycles. The highest BCUT2D eigenvalue weighted by Crippen LogP contribution is 2.28. The molecule has 2 nitrogen and oxygen atoms in total. The molecule has 0 spiro atoms. The summed E-state index contributed by atoms with van der Waals surface area (Å²) in [4.78, 5) is 0. The van der Waals surface area contributed by atoms with Gasteiger partial charge in [0, 0.05) is 19.0 Å². The van der Waals surface area contributed by atoms with Crippen LogP contribution in [0.25, 0.3) is 0 Å². The molecular weight excluding hydrogens is 198 g/mol. The van der Waals surface area contributed by atoms with Gasteiger partial charge in [-0.15, -0.1) is 0 Å². The van der Waals surface area contributed by atoms with Gasteiger partial charge in [0.1, 0.15) is 5.76 Å². The Morgan fingerprint density at radius 3 is 2.62 bits per heavy atom. The van der Waals surface area contributed by atoms with Crippen LogP contribution in [0.3, 0.4) is 0 Å². The molecule has 16 heavy (non-hydrogen) atoms. The van der Waals surface area contributed by atoms with E-state index in [1.54, 1.807) is 6.26 Å². The van der Waals surface area contributed by atoms with Gasteiger partial charge in [-0.05, 0) is 43.2 Å². The van der Waals surface area contributed by atoms with E-state index in [-0.39, 0.29) is 0 Å². The molecule has 1 aromatic heterocycles. The Morgan fingerprint density at radius 1 is 1.25 bits per heavy atom. The third-order valence-corrected chi connectivity index (χ3v) is 3.56. The topological polar surface area (TPSA) is 25.2 Å². The predicted molar refractivity (Wildman–Crippen MR) is 66.4 cm³/mol. The molecule has 1 aliphatic rings. The van der Waals surface area contributed by atoms with Crippen LogP contribution in [-0.2, 0) is 6.42 Å². The van der Waals surface area contributed by atoms with Crippen LogP contribution in [0.4, 0.5) is 0 Å². The Hall–Kier alpha value is -0.760. The molecule has 0 bridgehead atoms. The largest absolute Gasteiger partial charge is 0.469 e. The molecule has 0 amide bonds. The second kappa shape index (κ2) is 5.53. The van der Waals surface area contributed by atoms with Crippen molar-refractivity contribution in [2.45, 2.75) is 45.6 Å². The van der Waals surface area contributed by atoms with Gasteiger partial charge in [0.25, 0.3) is 0 Å². The van der Waals surface area contributed by atoms with E-state index < -0.39 is 0 Å². The molecule has 2 unspecified atom stereocenters. The van der Waals surface area contributed by atoms with E-state index in [1.807, 2.05) is 12.1 Å². The molecule has 1 fully saturated rings. The average molecular weight is 221 g/mol. The quantitative estimate of drug-likeness (QED) is 0.844. The molecule has 1 heterocycles. The SMILES string of the molecule is CC1CC(C)CC(NCCc2ccco2)C1. The lowest BCUT2D eigenvalue weighted by atomic mass is 9.80. The molecule has 1 saturated carbocycles. The second-order valence-corrected chi connectivity index (χ2v) is 5.40. The molecular formula is C14H23NO. The zero-order valence-electron chi connectivity index (χ0n) is 10.4. The normalized spacial score (nSPS) is 30.5. The van der Waals surface area contributed by atoms with Gasteiger partial charge in [-0.25, -0.2) is 0 Å². The van der Waals surface area contributed by atoms with Crippen molar-refractivity contribution >= 4 is 0 Å². The zero-order chi connectivity index (χ0) is 11.4. The van der Waals surface area contributed by atoms with Crippen LogP contribution in [0, 0.1) is 11.8 Å².